The molecule has 3 unspecified atom stereocenters. The summed E-state index contributed by atoms with van der Waals surface area (Å²) in [5.41, 5.74) is 1.86. The molecule has 25 heavy (non-hydrogen) atoms. The van der Waals surface area contributed by atoms with Crippen LogP contribution in [0, 0.1) is 5.92 Å². The van der Waals surface area contributed by atoms with E-state index in [0.717, 1.165) is 30.2 Å². The van der Waals surface area contributed by atoms with Crippen molar-refractivity contribution < 1.29 is 5.11 Å². The highest BCUT2D eigenvalue weighted by Gasteiger charge is 2.44. The highest BCUT2D eigenvalue weighted by atomic mass is 79.9. The van der Waals surface area contributed by atoms with E-state index < -0.39 is 5.60 Å². The highest BCUT2D eigenvalue weighted by Crippen LogP contribution is 2.45. The fourth-order valence-corrected chi connectivity index (χ4v) is 4.68. The number of rotatable bonds is 5. The number of hydrogen-bond acceptors (Lipinski definition) is 2. The Labute approximate surface area is 160 Å². The number of hydrogen-bond donors (Lipinski definition) is 1. The molecule has 0 spiro atoms. The van der Waals surface area contributed by atoms with Gasteiger partial charge in [0.1, 0.15) is 0 Å². The minimum atomic E-state index is -0.651. The minimum Gasteiger partial charge on any atom is -0.389 e. The molecule has 0 bridgehead atoms. The van der Waals surface area contributed by atoms with Crippen molar-refractivity contribution >= 4 is 15.9 Å². The fourth-order valence-electron chi connectivity index (χ4n) is 4.42. The van der Waals surface area contributed by atoms with Crippen molar-refractivity contribution in [2.45, 2.75) is 43.7 Å². The molecule has 2 aromatic carbocycles. The third-order valence-corrected chi connectivity index (χ3v) is 6.10. The van der Waals surface area contributed by atoms with E-state index in [0.29, 0.717) is 0 Å². The molecular weight excluding hydrogens is 374 g/mol. The first kappa shape index (κ1) is 18.6. The number of halogens is 1. The standard InChI is InChI=1S/C22H28BrNO/c1-24(2)21(18-11-13-19(23)14-12-18)20-10-6-7-15-22(20,25)16-17-8-4-3-5-9-17/h3-5,8-9,11-14,20-21,25H,6-7,10,15-16H2,1-2H3. The zero-order valence-electron chi connectivity index (χ0n) is 15.2. The molecule has 0 aliphatic heterocycles. The van der Waals surface area contributed by atoms with Gasteiger partial charge in [0.15, 0.2) is 0 Å². The van der Waals surface area contributed by atoms with E-state index in [4.69, 9.17) is 0 Å². The Kier molecular flexibility index (Phi) is 5.98. The van der Waals surface area contributed by atoms with E-state index in [1.54, 1.807) is 0 Å². The van der Waals surface area contributed by atoms with Crippen LogP contribution in [0.4, 0.5) is 0 Å². The van der Waals surface area contributed by atoms with Gasteiger partial charge in [-0.2, -0.15) is 0 Å². The van der Waals surface area contributed by atoms with Gasteiger partial charge in [-0.1, -0.05) is 71.2 Å². The summed E-state index contributed by atoms with van der Waals surface area (Å²) < 4.78 is 1.09. The van der Waals surface area contributed by atoms with Gasteiger partial charge >= 0.3 is 0 Å². The summed E-state index contributed by atoms with van der Waals surface area (Å²) in [5.74, 6) is 0.234. The lowest BCUT2D eigenvalue weighted by Crippen LogP contribution is -2.48. The third-order valence-electron chi connectivity index (χ3n) is 5.57. The molecule has 2 aromatic rings. The molecule has 1 aliphatic carbocycles. The van der Waals surface area contributed by atoms with Crippen LogP contribution in [0.25, 0.3) is 0 Å². The molecule has 0 radical (unpaired) electrons. The summed E-state index contributed by atoms with van der Waals surface area (Å²) >= 11 is 3.53. The van der Waals surface area contributed by atoms with E-state index in [2.05, 4.69) is 83.5 Å². The molecule has 1 fully saturated rings. The van der Waals surface area contributed by atoms with Crippen LogP contribution in [-0.2, 0) is 6.42 Å². The predicted molar refractivity (Wildman–Crippen MR) is 108 cm³/mol. The number of nitrogens with zero attached hydrogens (tertiary/aromatic N) is 1. The normalized spacial score (nSPS) is 25.1. The Balaban J connectivity index is 1.93. The van der Waals surface area contributed by atoms with Gasteiger partial charge in [-0.3, -0.25) is 0 Å². The van der Waals surface area contributed by atoms with Gasteiger partial charge in [0.25, 0.3) is 0 Å². The molecule has 134 valence electrons. The summed E-state index contributed by atoms with van der Waals surface area (Å²) in [6, 6.07) is 19.2. The zero-order valence-corrected chi connectivity index (χ0v) is 16.7. The Morgan fingerprint density at radius 1 is 1.08 bits per heavy atom. The monoisotopic (exact) mass is 401 g/mol. The largest absolute Gasteiger partial charge is 0.389 e. The molecule has 3 heteroatoms. The lowest BCUT2D eigenvalue weighted by molar-refractivity contribution is -0.0770. The summed E-state index contributed by atoms with van der Waals surface area (Å²) in [4.78, 5) is 2.27. The average molecular weight is 402 g/mol. The molecule has 1 N–H and O–H groups in total. The van der Waals surface area contributed by atoms with Gasteiger partial charge in [0.2, 0.25) is 0 Å². The minimum absolute atomic E-state index is 0.224. The maximum atomic E-state index is 11.7. The van der Waals surface area contributed by atoms with Gasteiger partial charge in [0.05, 0.1) is 5.60 Å². The first-order valence-corrected chi connectivity index (χ1v) is 9.97. The lowest BCUT2D eigenvalue weighted by atomic mass is 9.67. The number of benzene rings is 2. The molecule has 3 rings (SSSR count). The van der Waals surface area contributed by atoms with Crippen LogP contribution < -0.4 is 0 Å². The summed E-state index contributed by atoms with van der Waals surface area (Å²) in [6.45, 7) is 0. The topological polar surface area (TPSA) is 23.5 Å². The first-order valence-electron chi connectivity index (χ1n) is 9.18. The van der Waals surface area contributed by atoms with Crippen molar-refractivity contribution in [2.24, 2.45) is 5.92 Å². The van der Waals surface area contributed by atoms with E-state index in [-0.39, 0.29) is 12.0 Å². The van der Waals surface area contributed by atoms with Crippen molar-refractivity contribution in [1.82, 2.24) is 4.90 Å². The fraction of sp³-hybridized carbons (Fsp3) is 0.455. The van der Waals surface area contributed by atoms with Crippen molar-refractivity contribution in [3.05, 3.63) is 70.2 Å². The van der Waals surface area contributed by atoms with Crippen molar-refractivity contribution in [3.8, 4) is 0 Å². The van der Waals surface area contributed by atoms with Gasteiger partial charge < -0.3 is 10.0 Å². The Bertz CT molecular complexity index is 670. The summed E-state index contributed by atoms with van der Waals surface area (Å²) in [6.07, 6.45) is 5.00. The maximum Gasteiger partial charge on any atom is 0.0734 e. The molecule has 3 atom stereocenters. The van der Waals surface area contributed by atoms with Crippen molar-refractivity contribution in [1.29, 1.82) is 0 Å². The van der Waals surface area contributed by atoms with Crippen LogP contribution >= 0.6 is 15.9 Å². The van der Waals surface area contributed by atoms with Crippen molar-refractivity contribution in [2.75, 3.05) is 14.1 Å². The van der Waals surface area contributed by atoms with Crippen molar-refractivity contribution in [3.63, 3.8) is 0 Å². The third kappa shape index (κ3) is 4.33. The smallest absolute Gasteiger partial charge is 0.0734 e. The second-order valence-electron chi connectivity index (χ2n) is 7.58. The molecule has 1 aliphatic rings. The first-order chi connectivity index (χ1) is 12.0. The van der Waals surface area contributed by atoms with Gasteiger partial charge in [0, 0.05) is 22.9 Å². The van der Waals surface area contributed by atoms with E-state index in [1.165, 1.54) is 17.5 Å². The van der Waals surface area contributed by atoms with Crippen LogP contribution in [0.1, 0.15) is 42.9 Å². The summed E-state index contributed by atoms with van der Waals surface area (Å²) in [7, 11) is 4.26. The predicted octanol–water partition coefficient (Wildman–Crippen LogP) is 5.22. The highest BCUT2D eigenvalue weighted by molar-refractivity contribution is 9.10. The van der Waals surface area contributed by atoms with Gasteiger partial charge in [-0.25, -0.2) is 0 Å². The quantitative estimate of drug-likeness (QED) is 0.742. The second-order valence-corrected chi connectivity index (χ2v) is 8.49. The Morgan fingerprint density at radius 2 is 1.76 bits per heavy atom. The Morgan fingerprint density at radius 3 is 2.40 bits per heavy atom. The second kappa shape index (κ2) is 8.03. The average Bonchev–Trinajstić information content (AvgIpc) is 2.59. The molecule has 0 saturated heterocycles. The van der Waals surface area contributed by atoms with Crippen LogP contribution in [0.2, 0.25) is 0 Å². The van der Waals surface area contributed by atoms with Gasteiger partial charge in [-0.05, 0) is 50.2 Å². The Hall–Kier alpha value is -1.16. The molecule has 2 nitrogen and oxygen atoms in total. The summed E-state index contributed by atoms with van der Waals surface area (Å²) in [5, 5.41) is 11.7. The van der Waals surface area contributed by atoms with E-state index in [1.807, 2.05) is 6.07 Å². The maximum absolute atomic E-state index is 11.7. The molecule has 0 aromatic heterocycles. The zero-order chi connectivity index (χ0) is 17.9. The van der Waals surface area contributed by atoms with E-state index >= 15 is 0 Å². The SMILES string of the molecule is CN(C)C(c1ccc(Br)cc1)C1CCCCC1(O)Cc1ccccc1. The number of aliphatic hydroxyl groups is 1. The molecular formula is C22H28BrNO. The molecule has 0 heterocycles. The molecule has 1 saturated carbocycles. The molecule has 0 amide bonds. The van der Waals surface area contributed by atoms with Crippen LogP contribution in [-0.4, -0.2) is 29.7 Å². The lowest BCUT2D eigenvalue weighted by Gasteiger charge is -2.46. The van der Waals surface area contributed by atoms with E-state index in [9.17, 15) is 5.11 Å². The van der Waals surface area contributed by atoms with Crippen LogP contribution in [0.5, 0.6) is 0 Å². The van der Waals surface area contributed by atoms with Crippen LogP contribution in [0.15, 0.2) is 59.1 Å². The van der Waals surface area contributed by atoms with Gasteiger partial charge in [-0.15, -0.1) is 0 Å². The van der Waals surface area contributed by atoms with Crippen LogP contribution in [0.3, 0.4) is 0 Å².